The molecule has 0 radical (unpaired) electrons. The van der Waals surface area contributed by atoms with Crippen molar-refractivity contribution < 1.29 is 13.6 Å². The predicted molar refractivity (Wildman–Crippen MR) is 76.1 cm³/mol. The number of aryl methyl sites for hydroxylation is 1. The van der Waals surface area contributed by atoms with Gasteiger partial charge in [-0.25, -0.2) is 0 Å². The molecule has 0 aliphatic heterocycles. The van der Waals surface area contributed by atoms with Crippen molar-refractivity contribution in [2.75, 3.05) is 5.32 Å². The first kappa shape index (κ1) is 13.4. The van der Waals surface area contributed by atoms with Crippen LogP contribution in [0.2, 0.25) is 5.22 Å². The highest BCUT2D eigenvalue weighted by Crippen LogP contribution is 2.24. The van der Waals surface area contributed by atoms with Crippen LogP contribution in [0.1, 0.15) is 15.9 Å². The van der Waals surface area contributed by atoms with Crippen molar-refractivity contribution in [2.45, 2.75) is 6.92 Å². The third kappa shape index (κ3) is 2.66. The van der Waals surface area contributed by atoms with Crippen molar-refractivity contribution in [2.24, 2.45) is 0 Å². The van der Waals surface area contributed by atoms with E-state index in [1.807, 2.05) is 13.0 Å². The maximum absolute atomic E-state index is 12.1. The number of aromatic nitrogens is 2. The molecule has 0 unspecified atom stereocenters. The van der Waals surface area contributed by atoms with Crippen molar-refractivity contribution >= 4 is 23.2 Å². The van der Waals surface area contributed by atoms with E-state index >= 15 is 0 Å². The molecule has 1 N–H and O–H groups in total. The number of carbonyl (C=O) groups excluding carboxylic acids is 1. The first-order valence-corrected chi connectivity index (χ1v) is 6.44. The van der Waals surface area contributed by atoms with Gasteiger partial charge in [0.15, 0.2) is 0 Å². The Labute approximate surface area is 124 Å². The highest BCUT2D eigenvalue weighted by Gasteiger charge is 2.14. The van der Waals surface area contributed by atoms with E-state index in [4.69, 9.17) is 20.4 Å². The molecule has 0 bridgehead atoms. The summed E-state index contributed by atoms with van der Waals surface area (Å²) in [5.74, 6) is 0.0937. The van der Waals surface area contributed by atoms with Crippen LogP contribution < -0.4 is 5.32 Å². The zero-order chi connectivity index (χ0) is 14.8. The Hall–Kier alpha value is -2.60. The highest BCUT2D eigenvalue weighted by atomic mass is 35.5. The average molecular weight is 304 g/mol. The van der Waals surface area contributed by atoms with E-state index in [0.29, 0.717) is 11.6 Å². The fourth-order valence-electron chi connectivity index (χ4n) is 1.88. The molecule has 0 saturated heterocycles. The topological polar surface area (TPSA) is 81.2 Å². The molecule has 7 heteroatoms. The van der Waals surface area contributed by atoms with Crippen molar-refractivity contribution in [1.82, 2.24) is 10.2 Å². The van der Waals surface area contributed by atoms with Crippen LogP contribution in [0.25, 0.3) is 11.5 Å². The fraction of sp³-hybridized carbons (Fsp3) is 0.0714. The summed E-state index contributed by atoms with van der Waals surface area (Å²) in [6.07, 6.45) is 2.63. The lowest BCUT2D eigenvalue weighted by atomic mass is 10.1. The number of halogens is 1. The molecule has 0 spiro atoms. The number of amides is 1. The highest BCUT2D eigenvalue weighted by molar-refractivity contribution is 6.32. The number of furan rings is 1. The Kier molecular flexibility index (Phi) is 3.45. The normalized spacial score (nSPS) is 10.6. The van der Waals surface area contributed by atoms with Gasteiger partial charge in [-0.15, -0.1) is 10.2 Å². The van der Waals surface area contributed by atoms with Crippen LogP contribution in [0.4, 0.5) is 5.69 Å². The maximum Gasteiger partial charge on any atom is 0.260 e. The number of nitrogens with zero attached hydrogens (tertiary/aromatic N) is 2. The summed E-state index contributed by atoms with van der Waals surface area (Å²) in [5.41, 5.74) is 2.60. The number of hydrogen-bond donors (Lipinski definition) is 1. The second kappa shape index (κ2) is 5.41. The first-order chi connectivity index (χ1) is 10.1. The van der Waals surface area contributed by atoms with Gasteiger partial charge in [0.1, 0.15) is 0 Å². The Morgan fingerprint density at radius 2 is 2.14 bits per heavy atom. The molecule has 1 amide bonds. The van der Waals surface area contributed by atoms with Gasteiger partial charge in [-0.05, 0) is 48.4 Å². The van der Waals surface area contributed by atoms with Crippen molar-refractivity contribution in [3.63, 3.8) is 0 Å². The molecule has 0 aliphatic carbocycles. The van der Waals surface area contributed by atoms with E-state index in [1.54, 1.807) is 12.1 Å². The van der Waals surface area contributed by atoms with E-state index in [0.717, 1.165) is 11.1 Å². The molecule has 2 heterocycles. The van der Waals surface area contributed by atoms with Gasteiger partial charge in [0.05, 0.1) is 11.8 Å². The molecule has 1 aromatic carbocycles. The third-order valence-electron chi connectivity index (χ3n) is 2.94. The molecule has 2 aromatic heterocycles. The minimum Gasteiger partial charge on any atom is -0.452 e. The minimum absolute atomic E-state index is 0.0626. The zero-order valence-electron chi connectivity index (χ0n) is 11.0. The van der Waals surface area contributed by atoms with Gasteiger partial charge in [0.2, 0.25) is 17.5 Å². The molecule has 0 fully saturated rings. The Bertz CT molecular complexity index is 781. The summed E-state index contributed by atoms with van der Waals surface area (Å²) in [4.78, 5) is 12.1. The van der Waals surface area contributed by atoms with E-state index in [9.17, 15) is 4.79 Å². The summed E-state index contributed by atoms with van der Waals surface area (Å²) in [6.45, 7) is 1.87. The molecule has 3 rings (SSSR count). The Balaban J connectivity index is 1.84. The molecular weight excluding hydrogens is 294 g/mol. The summed E-state index contributed by atoms with van der Waals surface area (Å²) in [5, 5.41) is 10.3. The lowest BCUT2D eigenvalue weighted by Gasteiger charge is -2.08. The molecule has 3 aromatic rings. The van der Waals surface area contributed by atoms with Gasteiger partial charge in [0, 0.05) is 11.3 Å². The van der Waals surface area contributed by atoms with Crippen molar-refractivity contribution in [3.8, 4) is 11.5 Å². The standard InChI is InChI=1S/C14H10ClN3O3/c1-8-6-9(14-18-16-7-21-14)2-3-11(8)17-13(19)10-4-5-20-12(10)15/h2-7H,1H3,(H,17,19). The van der Waals surface area contributed by atoms with Gasteiger partial charge >= 0.3 is 0 Å². The summed E-state index contributed by atoms with van der Waals surface area (Å²) < 4.78 is 10.0. The van der Waals surface area contributed by atoms with Crippen LogP contribution in [0.5, 0.6) is 0 Å². The monoisotopic (exact) mass is 303 g/mol. The van der Waals surface area contributed by atoms with Gasteiger partial charge in [-0.3, -0.25) is 4.79 Å². The first-order valence-electron chi connectivity index (χ1n) is 6.06. The van der Waals surface area contributed by atoms with Crippen LogP contribution in [0.3, 0.4) is 0 Å². The Morgan fingerprint density at radius 3 is 2.76 bits per heavy atom. The number of nitrogens with one attached hydrogen (secondary N) is 1. The van der Waals surface area contributed by atoms with Crippen molar-refractivity contribution in [3.05, 3.63) is 53.3 Å². The summed E-state index contributed by atoms with van der Waals surface area (Å²) >= 11 is 5.78. The van der Waals surface area contributed by atoms with Gasteiger partial charge in [-0.2, -0.15) is 0 Å². The van der Waals surface area contributed by atoms with Gasteiger partial charge < -0.3 is 14.2 Å². The summed E-state index contributed by atoms with van der Waals surface area (Å²) in [6, 6.07) is 6.91. The van der Waals surface area contributed by atoms with Crippen LogP contribution in [0.15, 0.2) is 45.8 Å². The van der Waals surface area contributed by atoms with Crippen LogP contribution >= 0.6 is 11.6 Å². The van der Waals surface area contributed by atoms with Gasteiger partial charge in [-0.1, -0.05) is 0 Å². The van der Waals surface area contributed by atoms with Crippen LogP contribution in [0, 0.1) is 6.92 Å². The van der Waals surface area contributed by atoms with E-state index in [1.165, 1.54) is 18.7 Å². The van der Waals surface area contributed by atoms with E-state index < -0.39 is 0 Å². The maximum atomic E-state index is 12.1. The number of carbonyl (C=O) groups is 1. The van der Waals surface area contributed by atoms with E-state index in [2.05, 4.69) is 15.5 Å². The average Bonchev–Trinajstić information content (AvgIpc) is 3.12. The van der Waals surface area contributed by atoms with Gasteiger partial charge in [0.25, 0.3) is 5.91 Å². The molecular formula is C14H10ClN3O3. The third-order valence-corrected chi connectivity index (χ3v) is 3.24. The van der Waals surface area contributed by atoms with E-state index in [-0.39, 0.29) is 16.7 Å². The molecule has 6 nitrogen and oxygen atoms in total. The molecule has 0 atom stereocenters. The molecule has 0 saturated carbocycles. The molecule has 0 aliphatic rings. The second-order valence-electron chi connectivity index (χ2n) is 4.34. The fourth-order valence-corrected chi connectivity index (χ4v) is 2.08. The molecule has 21 heavy (non-hydrogen) atoms. The number of anilines is 1. The van der Waals surface area contributed by atoms with Crippen LogP contribution in [-0.4, -0.2) is 16.1 Å². The summed E-state index contributed by atoms with van der Waals surface area (Å²) in [7, 11) is 0. The predicted octanol–water partition coefficient (Wildman–Crippen LogP) is 3.54. The number of rotatable bonds is 3. The Morgan fingerprint density at radius 1 is 1.29 bits per heavy atom. The number of benzene rings is 1. The molecule has 106 valence electrons. The van der Waals surface area contributed by atoms with Crippen LogP contribution in [-0.2, 0) is 0 Å². The van der Waals surface area contributed by atoms with Crippen molar-refractivity contribution in [1.29, 1.82) is 0 Å². The largest absolute Gasteiger partial charge is 0.452 e. The SMILES string of the molecule is Cc1cc(-c2nnco2)ccc1NC(=O)c1ccoc1Cl. The number of hydrogen-bond acceptors (Lipinski definition) is 5. The smallest absolute Gasteiger partial charge is 0.260 e. The zero-order valence-corrected chi connectivity index (χ0v) is 11.7. The lowest BCUT2D eigenvalue weighted by Crippen LogP contribution is -2.12. The quantitative estimate of drug-likeness (QED) is 0.800. The minimum atomic E-state index is -0.331. The second-order valence-corrected chi connectivity index (χ2v) is 4.68. The lowest BCUT2D eigenvalue weighted by molar-refractivity contribution is 0.102.